The maximum atomic E-state index is 10.3. The zero-order chi connectivity index (χ0) is 18.1. The Balaban J connectivity index is 3.54. The van der Waals surface area contributed by atoms with E-state index in [-0.39, 0.29) is 6.42 Å². The van der Waals surface area contributed by atoms with Crippen LogP contribution in [-0.2, 0) is 4.79 Å². The fourth-order valence-corrected chi connectivity index (χ4v) is 2.37. The minimum absolute atomic E-state index is 0.261. The van der Waals surface area contributed by atoms with Crippen LogP contribution in [0, 0.1) is 0 Å². The average molecular weight is 337 g/mol. The molecule has 0 aliphatic carbocycles. The highest BCUT2D eigenvalue weighted by molar-refractivity contribution is 5.66. The predicted octanol–water partition coefficient (Wildman–Crippen LogP) is 5.80. The summed E-state index contributed by atoms with van der Waals surface area (Å²) in [6.07, 6.45) is 22.7. The smallest absolute Gasteiger partial charge is 0.303 e. The van der Waals surface area contributed by atoms with Crippen LogP contribution in [-0.4, -0.2) is 21.8 Å². The van der Waals surface area contributed by atoms with Crippen molar-refractivity contribution >= 4 is 5.97 Å². The highest BCUT2D eigenvalue weighted by atomic mass is 16.4. The van der Waals surface area contributed by atoms with Crippen LogP contribution in [0.5, 0.6) is 0 Å². The summed E-state index contributed by atoms with van der Waals surface area (Å²) in [5.74, 6) is -0.714. The largest absolute Gasteiger partial charge is 0.481 e. The summed E-state index contributed by atoms with van der Waals surface area (Å²) in [4.78, 5) is 10.3. The Kier molecular flexibility index (Phi) is 14.3. The van der Waals surface area contributed by atoms with Gasteiger partial charge in [-0.1, -0.05) is 56.2 Å². The van der Waals surface area contributed by atoms with Gasteiger partial charge < -0.3 is 10.2 Å². The summed E-state index contributed by atoms with van der Waals surface area (Å²) < 4.78 is 0. The monoisotopic (exact) mass is 336 g/mol. The van der Waals surface area contributed by atoms with Gasteiger partial charge in [0.1, 0.15) is 0 Å². The quantitative estimate of drug-likeness (QED) is 0.226. The first kappa shape index (κ1) is 22.6. The second kappa shape index (κ2) is 15.2. The van der Waals surface area contributed by atoms with Gasteiger partial charge in [0.15, 0.2) is 0 Å². The lowest BCUT2D eigenvalue weighted by Crippen LogP contribution is -2.22. The third kappa shape index (κ3) is 17.0. The van der Waals surface area contributed by atoms with Crippen molar-refractivity contribution in [3.8, 4) is 0 Å². The van der Waals surface area contributed by atoms with Crippen LogP contribution in [0.1, 0.15) is 84.5 Å². The van der Waals surface area contributed by atoms with Gasteiger partial charge in [0, 0.05) is 6.42 Å². The van der Waals surface area contributed by atoms with Crippen molar-refractivity contribution in [3.05, 3.63) is 36.5 Å². The van der Waals surface area contributed by atoms with Crippen LogP contribution in [0.4, 0.5) is 0 Å². The van der Waals surface area contributed by atoms with Crippen molar-refractivity contribution in [1.29, 1.82) is 0 Å². The molecule has 0 radical (unpaired) electrons. The van der Waals surface area contributed by atoms with E-state index >= 15 is 0 Å². The van der Waals surface area contributed by atoms with E-state index in [1.807, 2.05) is 19.1 Å². The van der Waals surface area contributed by atoms with Gasteiger partial charge in [-0.3, -0.25) is 4.79 Å². The molecule has 3 heteroatoms. The standard InChI is InChI=1S/C21H36O3/c1-3-4-18-21(2,24)19-16-14-12-10-8-6-5-7-9-11-13-15-17-20(22)23/h9-12,14,16,24H,3-8,13,15,17-19H2,1-2H3,(H,22,23)/b11-9+,12-10+,16-14+. The summed E-state index contributed by atoms with van der Waals surface area (Å²) in [5.41, 5.74) is -0.572. The molecule has 0 amide bonds. The molecular formula is C21H36O3. The molecule has 0 rings (SSSR count). The van der Waals surface area contributed by atoms with Crippen molar-refractivity contribution in [1.82, 2.24) is 0 Å². The molecule has 0 heterocycles. The number of allylic oxidation sites excluding steroid dienone is 5. The summed E-state index contributed by atoms with van der Waals surface area (Å²) in [6.45, 7) is 4.05. The third-order valence-electron chi connectivity index (χ3n) is 3.93. The molecule has 0 fully saturated rings. The molecule has 138 valence electrons. The number of carboxylic acid groups (broad SMARTS) is 1. The third-order valence-corrected chi connectivity index (χ3v) is 3.93. The lowest BCUT2D eigenvalue weighted by Gasteiger charge is -2.20. The Bertz CT molecular complexity index is 392. The van der Waals surface area contributed by atoms with E-state index in [1.54, 1.807) is 0 Å². The van der Waals surface area contributed by atoms with Crippen LogP contribution in [0.3, 0.4) is 0 Å². The van der Waals surface area contributed by atoms with Gasteiger partial charge in [-0.2, -0.15) is 0 Å². The summed E-state index contributed by atoms with van der Waals surface area (Å²) in [6, 6.07) is 0. The van der Waals surface area contributed by atoms with E-state index < -0.39 is 11.6 Å². The SMILES string of the molecule is CCCCC(C)(O)C/C=C/C=C/CCCC/C=C/CCCC(=O)O. The number of carboxylic acids is 1. The summed E-state index contributed by atoms with van der Waals surface area (Å²) in [7, 11) is 0. The fraction of sp³-hybridized carbons (Fsp3) is 0.667. The molecule has 1 unspecified atom stereocenters. The number of hydrogen-bond donors (Lipinski definition) is 2. The second-order valence-electron chi connectivity index (χ2n) is 6.70. The normalized spacial score (nSPS) is 14.8. The van der Waals surface area contributed by atoms with Gasteiger partial charge in [-0.05, 0) is 58.3 Å². The molecule has 2 N–H and O–H groups in total. The number of unbranched alkanes of at least 4 members (excludes halogenated alkanes) is 5. The lowest BCUT2D eigenvalue weighted by molar-refractivity contribution is -0.137. The minimum Gasteiger partial charge on any atom is -0.481 e. The molecule has 0 aliphatic heterocycles. The van der Waals surface area contributed by atoms with Crippen LogP contribution in [0.25, 0.3) is 0 Å². The lowest BCUT2D eigenvalue weighted by atomic mass is 9.95. The van der Waals surface area contributed by atoms with Crippen LogP contribution < -0.4 is 0 Å². The van der Waals surface area contributed by atoms with Crippen LogP contribution in [0.15, 0.2) is 36.5 Å². The molecule has 0 saturated carbocycles. The number of rotatable bonds is 15. The molecule has 0 aromatic heterocycles. The summed E-state index contributed by atoms with van der Waals surface area (Å²) >= 11 is 0. The van der Waals surface area contributed by atoms with Gasteiger partial charge >= 0.3 is 5.97 Å². The molecule has 0 aromatic carbocycles. The summed E-state index contributed by atoms with van der Waals surface area (Å²) in [5, 5.41) is 18.7. The maximum absolute atomic E-state index is 10.3. The predicted molar refractivity (Wildman–Crippen MR) is 102 cm³/mol. The Morgan fingerprint density at radius 3 is 2.12 bits per heavy atom. The number of aliphatic hydroxyl groups is 1. The first-order valence-electron chi connectivity index (χ1n) is 9.39. The van der Waals surface area contributed by atoms with Gasteiger partial charge in [-0.15, -0.1) is 0 Å². The Morgan fingerprint density at radius 2 is 1.50 bits per heavy atom. The van der Waals surface area contributed by atoms with Crippen molar-refractivity contribution in [2.75, 3.05) is 0 Å². The molecule has 24 heavy (non-hydrogen) atoms. The fourth-order valence-electron chi connectivity index (χ4n) is 2.37. The second-order valence-corrected chi connectivity index (χ2v) is 6.70. The zero-order valence-corrected chi connectivity index (χ0v) is 15.5. The number of carbonyl (C=O) groups is 1. The van der Waals surface area contributed by atoms with Gasteiger partial charge in [0.05, 0.1) is 5.60 Å². The molecule has 0 bridgehead atoms. The molecule has 0 spiro atoms. The van der Waals surface area contributed by atoms with Crippen LogP contribution in [0.2, 0.25) is 0 Å². The Morgan fingerprint density at radius 1 is 0.917 bits per heavy atom. The molecular weight excluding hydrogens is 300 g/mol. The molecule has 0 aromatic rings. The molecule has 3 nitrogen and oxygen atoms in total. The average Bonchev–Trinajstić information content (AvgIpc) is 2.53. The first-order chi connectivity index (χ1) is 11.5. The van der Waals surface area contributed by atoms with E-state index in [1.165, 1.54) is 0 Å². The van der Waals surface area contributed by atoms with E-state index in [4.69, 9.17) is 5.11 Å². The number of aliphatic carboxylic acids is 1. The van der Waals surface area contributed by atoms with E-state index in [0.717, 1.165) is 57.8 Å². The van der Waals surface area contributed by atoms with E-state index in [0.29, 0.717) is 6.42 Å². The van der Waals surface area contributed by atoms with Gasteiger partial charge in [0.25, 0.3) is 0 Å². The maximum Gasteiger partial charge on any atom is 0.303 e. The van der Waals surface area contributed by atoms with E-state index in [2.05, 4.69) is 31.2 Å². The van der Waals surface area contributed by atoms with Gasteiger partial charge in [-0.25, -0.2) is 0 Å². The number of hydrogen-bond acceptors (Lipinski definition) is 2. The van der Waals surface area contributed by atoms with Gasteiger partial charge in [0.2, 0.25) is 0 Å². The topological polar surface area (TPSA) is 57.5 Å². The van der Waals surface area contributed by atoms with E-state index in [9.17, 15) is 9.90 Å². The highest BCUT2D eigenvalue weighted by Gasteiger charge is 2.16. The van der Waals surface area contributed by atoms with Crippen molar-refractivity contribution in [2.24, 2.45) is 0 Å². The van der Waals surface area contributed by atoms with Crippen LogP contribution >= 0.6 is 0 Å². The zero-order valence-electron chi connectivity index (χ0n) is 15.5. The first-order valence-corrected chi connectivity index (χ1v) is 9.39. The minimum atomic E-state index is -0.714. The Hall–Kier alpha value is -1.35. The molecule has 0 saturated heterocycles. The van der Waals surface area contributed by atoms with Crippen molar-refractivity contribution < 1.29 is 15.0 Å². The highest BCUT2D eigenvalue weighted by Crippen LogP contribution is 2.18. The molecule has 1 atom stereocenters. The molecule has 0 aliphatic rings. The van der Waals surface area contributed by atoms with Crippen molar-refractivity contribution in [2.45, 2.75) is 90.1 Å². The Labute approximate surface area is 148 Å². The van der Waals surface area contributed by atoms with Crippen molar-refractivity contribution in [3.63, 3.8) is 0 Å².